The summed E-state index contributed by atoms with van der Waals surface area (Å²) in [6.07, 6.45) is 0. The second kappa shape index (κ2) is 6.12. The van der Waals surface area contributed by atoms with Gasteiger partial charge in [0.05, 0.1) is 12.8 Å². The smallest absolute Gasteiger partial charge is 0.268 e. The Balaban J connectivity index is 1.92. The van der Waals surface area contributed by atoms with Gasteiger partial charge in [0.1, 0.15) is 6.61 Å². The van der Waals surface area contributed by atoms with Crippen LogP contribution in [0.3, 0.4) is 0 Å². The molecule has 0 bridgehead atoms. The molecule has 112 valence electrons. The number of fused-ring (bicyclic) bond motifs is 1. The van der Waals surface area contributed by atoms with Crippen LogP contribution in [0.4, 0.5) is 0 Å². The number of rotatable bonds is 5. The van der Waals surface area contributed by atoms with Gasteiger partial charge < -0.3 is 14.5 Å². The zero-order valence-electron chi connectivity index (χ0n) is 11.9. The molecule has 4 nitrogen and oxygen atoms in total. The zero-order chi connectivity index (χ0) is 15.5. The monoisotopic (exact) mass is 315 g/mol. The Bertz CT molecular complexity index is 811. The molecule has 0 aliphatic carbocycles. The Morgan fingerprint density at radius 2 is 1.91 bits per heavy atom. The second-order valence-electron chi connectivity index (χ2n) is 4.82. The van der Waals surface area contributed by atoms with Crippen molar-refractivity contribution in [1.29, 1.82) is 0 Å². The normalized spacial score (nSPS) is 10.6. The molecular formula is C17H14ClNO3. The van der Waals surface area contributed by atoms with Crippen LogP contribution in [0.25, 0.3) is 10.9 Å². The molecule has 0 saturated heterocycles. The van der Waals surface area contributed by atoms with Gasteiger partial charge >= 0.3 is 0 Å². The summed E-state index contributed by atoms with van der Waals surface area (Å²) in [7, 11) is 1.58. The van der Waals surface area contributed by atoms with Crippen LogP contribution in [-0.4, -0.2) is 17.3 Å². The van der Waals surface area contributed by atoms with E-state index in [4.69, 9.17) is 21.1 Å². The summed E-state index contributed by atoms with van der Waals surface area (Å²) in [4.78, 5) is 14.2. The van der Waals surface area contributed by atoms with Gasteiger partial charge in [0, 0.05) is 17.0 Å². The van der Waals surface area contributed by atoms with Crippen molar-refractivity contribution < 1.29 is 14.3 Å². The van der Waals surface area contributed by atoms with Gasteiger partial charge in [-0.1, -0.05) is 30.3 Å². The Labute approximate surface area is 132 Å². The number of benzene rings is 2. The highest BCUT2D eigenvalue weighted by molar-refractivity contribution is 6.67. The predicted molar refractivity (Wildman–Crippen MR) is 85.8 cm³/mol. The second-order valence-corrected chi connectivity index (χ2v) is 5.16. The number of hydrogen-bond acceptors (Lipinski definition) is 3. The average molecular weight is 316 g/mol. The summed E-state index contributed by atoms with van der Waals surface area (Å²) in [6.45, 7) is 0.439. The maximum atomic E-state index is 11.2. The zero-order valence-corrected chi connectivity index (χ0v) is 12.7. The molecule has 0 aliphatic heterocycles. The van der Waals surface area contributed by atoms with Crippen LogP contribution in [0.15, 0.2) is 48.5 Å². The maximum absolute atomic E-state index is 11.2. The number of aromatic amines is 1. The van der Waals surface area contributed by atoms with Gasteiger partial charge in [-0.25, -0.2) is 0 Å². The van der Waals surface area contributed by atoms with E-state index in [1.54, 1.807) is 19.2 Å². The van der Waals surface area contributed by atoms with E-state index in [0.717, 1.165) is 16.5 Å². The molecule has 2 aromatic carbocycles. The summed E-state index contributed by atoms with van der Waals surface area (Å²) in [5.41, 5.74) is 2.18. The van der Waals surface area contributed by atoms with Gasteiger partial charge in [-0.05, 0) is 29.3 Å². The van der Waals surface area contributed by atoms with Crippen LogP contribution in [0.2, 0.25) is 0 Å². The fraction of sp³-hybridized carbons (Fsp3) is 0.118. The van der Waals surface area contributed by atoms with E-state index in [1.807, 2.05) is 36.4 Å². The first-order valence-electron chi connectivity index (χ1n) is 6.74. The molecule has 3 rings (SSSR count). The van der Waals surface area contributed by atoms with Crippen molar-refractivity contribution in [3.63, 3.8) is 0 Å². The van der Waals surface area contributed by atoms with E-state index in [2.05, 4.69) is 4.98 Å². The van der Waals surface area contributed by atoms with Gasteiger partial charge in [-0.2, -0.15) is 0 Å². The third-order valence-corrected chi connectivity index (χ3v) is 3.56. The van der Waals surface area contributed by atoms with Gasteiger partial charge in [-0.3, -0.25) is 4.79 Å². The lowest BCUT2D eigenvalue weighted by atomic mass is 10.2. The number of carbonyl (C=O) groups excluding carboxylic acids is 1. The van der Waals surface area contributed by atoms with Crippen LogP contribution in [-0.2, 0) is 6.61 Å². The van der Waals surface area contributed by atoms with Crippen molar-refractivity contribution in [2.75, 3.05) is 7.11 Å². The molecule has 3 aromatic rings. The van der Waals surface area contributed by atoms with Crippen molar-refractivity contribution in [1.82, 2.24) is 4.98 Å². The summed E-state index contributed by atoms with van der Waals surface area (Å²) in [5, 5.41) is 0.315. The maximum Gasteiger partial charge on any atom is 0.268 e. The summed E-state index contributed by atoms with van der Waals surface area (Å²) in [5.74, 6) is 1.21. The first-order valence-corrected chi connectivity index (χ1v) is 7.12. The van der Waals surface area contributed by atoms with Crippen molar-refractivity contribution >= 4 is 27.7 Å². The van der Waals surface area contributed by atoms with Crippen molar-refractivity contribution in [2.24, 2.45) is 0 Å². The molecule has 22 heavy (non-hydrogen) atoms. The molecule has 0 amide bonds. The lowest BCUT2D eigenvalue weighted by Gasteiger charge is -2.11. The SMILES string of the molecule is COc1cc2[nH]c(C(=O)Cl)cc2cc1OCc1ccccc1. The molecule has 0 unspecified atom stereocenters. The highest BCUT2D eigenvalue weighted by atomic mass is 35.5. The number of aromatic nitrogens is 1. The molecule has 1 heterocycles. The number of carbonyl (C=O) groups is 1. The Kier molecular flexibility index (Phi) is 4.02. The van der Waals surface area contributed by atoms with Crippen LogP contribution >= 0.6 is 11.6 Å². The van der Waals surface area contributed by atoms with Crippen molar-refractivity contribution in [2.45, 2.75) is 6.61 Å². The lowest BCUT2D eigenvalue weighted by molar-refractivity contribution is 0.107. The third-order valence-electron chi connectivity index (χ3n) is 3.35. The topological polar surface area (TPSA) is 51.3 Å². The van der Waals surface area contributed by atoms with Gasteiger partial charge in [-0.15, -0.1) is 0 Å². The van der Waals surface area contributed by atoms with Crippen LogP contribution in [0.5, 0.6) is 11.5 Å². The Morgan fingerprint density at radius 1 is 1.14 bits per heavy atom. The van der Waals surface area contributed by atoms with Crippen LogP contribution < -0.4 is 9.47 Å². The largest absolute Gasteiger partial charge is 0.493 e. The first-order chi connectivity index (χ1) is 10.7. The minimum absolute atomic E-state index is 0.346. The number of halogens is 1. The Morgan fingerprint density at radius 3 is 2.59 bits per heavy atom. The molecule has 0 saturated carbocycles. The number of ether oxygens (including phenoxy) is 2. The molecule has 1 aromatic heterocycles. The van der Waals surface area contributed by atoms with Gasteiger partial charge in [0.2, 0.25) is 0 Å². The summed E-state index contributed by atoms with van der Waals surface area (Å²) < 4.78 is 11.2. The number of nitrogens with one attached hydrogen (secondary N) is 1. The quantitative estimate of drug-likeness (QED) is 0.720. The van der Waals surface area contributed by atoms with Crippen molar-refractivity contribution in [3.05, 3.63) is 59.8 Å². The van der Waals surface area contributed by atoms with Gasteiger partial charge in [0.15, 0.2) is 11.5 Å². The van der Waals surface area contributed by atoms with E-state index in [0.29, 0.717) is 23.8 Å². The molecule has 0 radical (unpaired) electrons. The highest BCUT2D eigenvalue weighted by Crippen LogP contribution is 2.33. The number of methoxy groups -OCH3 is 1. The van der Waals surface area contributed by atoms with Crippen LogP contribution in [0.1, 0.15) is 16.1 Å². The third kappa shape index (κ3) is 2.92. The molecule has 1 N–H and O–H groups in total. The molecule has 0 atom stereocenters. The van der Waals surface area contributed by atoms with E-state index >= 15 is 0 Å². The molecule has 5 heteroatoms. The lowest BCUT2D eigenvalue weighted by Crippen LogP contribution is -1.97. The predicted octanol–water partition coefficient (Wildman–Crippen LogP) is 4.13. The Hall–Kier alpha value is -2.46. The fourth-order valence-electron chi connectivity index (χ4n) is 2.25. The number of H-pyrrole nitrogens is 1. The number of hydrogen-bond donors (Lipinski definition) is 1. The minimum atomic E-state index is -0.526. The average Bonchev–Trinajstić information content (AvgIpc) is 2.96. The van der Waals surface area contributed by atoms with E-state index in [1.165, 1.54) is 0 Å². The summed E-state index contributed by atoms with van der Waals surface area (Å²) in [6, 6.07) is 15.2. The van der Waals surface area contributed by atoms with E-state index < -0.39 is 5.24 Å². The van der Waals surface area contributed by atoms with Crippen molar-refractivity contribution in [3.8, 4) is 11.5 Å². The fourth-order valence-corrected chi connectivity index (χ4v) is 2.36. The first kappa shape index (κ1) is 14.5. The highest BCUT2D eigenvalue weighted by Gasteiger charge is 2.12. The van der Waals surface area contributed by atoms with Crippen LogP contribution in [0, 0.1) is 0 Å². The molecule has 0 spiro atoms. The summed E-state index contributed by atoms with van der Waals surface area (Å²) >= 11 is 5.50. The van der Waals surface area contributed by atoms with Gasteiger partial charge in [0.25, 0.3) is 5.24 Å². The molecule has 0 fully saturated rings. The molecular weight excluding hydrogens is 302 g/mol. The van der Waals surface area contributed by atoms with E-state index in [9.17, 15) is 4.79 Å². The standard InChI is InChI=1S/C17H14ClNO3/c1-21-15-9-13-12(7-14(19-13)17(18)20)8-16(15)22-10-11-5-3-2-4-6-11/h2-9,19H,10H2,1H3. The minimum Gasteiger partial charge on any atom is -0.493 e. The van der Waals surface area contributed by atoms with E-state index in [-0.39, 0.29) is 0 Å². The molecule has 0 aliphatic rings.